The minimum Gasteiger partial charge on any atom is -0.345 e. The van der Waals surface area contributed by atoms with E-state index in [0.717, 1.165) is 24.9 Å². The maximum atomic E-state index is 12.5. The van der Waals surface area contributed by atoms with Crippen LogP contribution in [-0.2, 0) is 10.2 Å². The van der Waals surface area contributed by atoms with Crippen LogP contribution in [0.1, 0.15) is 44.7 Å². The van der Waals surface area contributed by atoms with Crippen molar-refractivity contribution in [3.8, 4) is 0 Å². The number of hydrogen-bond donors (Lipinski definition) is 0. The van der Waals surface area contributed by atoms with Crippen molar-refractivity contribution >= 4 is 5.91 Å². The van der Waals surface area contributed by atoms with Gasteiger partial charge in [-0.1, -0.05) is 43.2 Å². The highest BCUT2D eigenvalue weighted by atomic mass is 16.2. The number of benzene rings is 1. The van der Waals surface area contributed by atoms with Gasteiger partial charge in [-0.25, -0.2) is 0 Å². The van der Waals surface area contributed by atoms with E-state index in [1.54, 1.807) is 0 Å². The molecule has 1 rings (SSSR count). The van der Waals surface area contributed by atoms with Crippen LogP contribution >= 0.6 is 0 Å². The predicted octanol–water partition coefficient (Wildman–Crippen LogP) is 3.53. The number of carbonyl (C=O) groups is 1. The van der Waals surface area contributed by atoms with E-state index in [-0.39, 0.29) is 5.91 Å². The molecule has 0 atom stereocenters. The van der Waals surface area contributed by atoms with Gasteiger partial charge in [-0.2, -0.15) is 0 Å². The molecule has 1 aromatic rings. The second-order valence-corrected chi connectivity index (χ2v) is 5.57. The van der Waals surface area contributed by atoms with Gasteiger partial charge in [0, 0.05) is 13.6 Å². The number of hydrogen-bond acceptors (Lipinski definition) is 1. The molecule has 18 heavy (non-hydrogen) atoms. The highest BCUT2D eigenvalue weighted by molar-refractivity contribution is 5.87. The van der Waals surface area contributed by atoms with E-state index < -0.39 is 5.41 Å². The summed E-state index contributed by atoms with van der Waals surface area (Å²) in [5, 5.41) is 0. The number of carbonyl (C=O) groups excluding carboxylic acids is 1. The summed E-state index contributed by atoms with van der Waals surface area (Å²) >= 11 is 0. The van der Waals surface area contributed by atoms with E-state index in [4.69, 9.17) is 0 Å². The fourth-order valence-corrected chi connectivity index (χ4v) is 2.07. The average Bonchev–Trinajstić information content (AvgIpc) is 2.35. The molecular weight excluding hydrogens is 222 g/mol. The molecule has 0 fully saturated rings. The lowest BCUT2D eigenvalue weighted by Gasteiger charge is -2.30. The van der Waals surface area contributed by atoms with Crippen LogP contribution in [0.5, 0.6) is 0 Å². The molecule has 0 aliphatic rings. The Kier molecular flexibility index (Phi) is 4.94. The molecule has 0 aliphatic heterocycles. The van der Waals surface area contributed by atoms with Crippen LogP contribution in [0.15, 0.2) is 24.3 Å². The van der Waals surface area contributed by atoms with Crippen LogP contribution in [0.3, 0.4) is 0 Å². The SMILES string of the molecule is CCCCN(C)C(=O)C(C)(C)c1ccc(C)cc1. The van der Waals surface area contributed by atoms with Gasteiger partial charge in [0.1, 0.15) is 0 Å². The molecule has 1 amide bonds. The third kappa shape index (κ3) is 3.34. The zero-order chi connectivity index (χ0) is 13.8. The molecule has 2 heteroatoms. The molecule has 0 N–H and O–H groups in total. The van der Waals surface area contributed by atoms with Crippen molar-refractivity contribution in [1.82, 2.24) is 4.90 Å². The lowest BCUT2D eigenvalue weighted by atomic mass is 9.83. The zero-order valence-corrected chi connectivity index (χ0v) is 12.3. The Morgan fingerprint density at radius 1 is 1.22 bits per heavy atom. The molecule has 0 aromatic heterocycles. The standard InChI is InChI=1S/C16H25NO/c1-6-7-12-17(5)15(18)16(3,4)14-10-8-13(2)9-11-14/h8-11H,6-7,12H2,1-5H3. The van der Waals surface area contributed by atoms with Crippen molar-refractivity contribution in [3.63, 3.8) is 0 Å². The second kappa shape index (κ2) is 6.03. The molecular formula is C16H25NO. The van der Waals surface area contributed by atoms with E-state index in [1.807, 2.05) is 25.8 Å². The molecule has 0 heterocycles. The summed E-state index contributed by atoms with van der Waals surface area (Å²) in [7, 11) is 1.90. The van der Waals surface area contributed by atoms with Crippen LogP contribution in [0.4, 0.5) is 0 Å². The molecule has 100 valence electrons. The highest BCUT2D eigenvalue weighted by Crippen LogP contribution is 2.25. The number of amides is 1. The molecule has 0 spiro atoms. The third-order valence-electron chi connectivity index (χ3n) is 3.50. The first-order valence-electron chi connectivity index (χ1n) is 6.72. The van der Waals surface area contributed by atoms with Gasteiger partial charge >= 0.3 is 0 Å². The Bertz CT molecular complexity index is 392. The van der Waals surface area contributed by atoms with Crippen molar-refractivity contribution in [2.75, 3.05) is 13.6 Å². The van der Waals surface area contributed by atoms with Gasteiger partial charge < -0.3 is 4.90 Å². The average molecular weight is 247 g/mol. The lowest BCUT2D eigenvalue weighted by Crippen LogP contribution is -2.41. The van der Waals surface area contributed by atoms with Gasteiger partial charge in [0.2, 0.25) is 5.91 Å². The number of likely N-dealkylation sites (N-methyl/N-ethyl adjacent to an activating group) is 1. The van der Waals surface area contributed by atoms with Crippen molar-refractivity contribution < 1.29 is 4.79 Å². The first-order chi connectivity index (χ1) is 8.39. The van der Waals surface area contributed by atoms with E-state index >= 15 is 0 Å². The summed E-state index contributed by atoms with van der Waals surface area (Å²) in [6.07, 6.45) is 2.18. The molecule has 0 radical (unpaired) electrons. The Morgan fingerprint density at radius 2 is 1.78 bits per heavy atom. The number of nitrogens with zero attached hydrogens (tertiary/aromatic N) is 1. The number of rotatable bonds is 5. The second-order valence-electron chi connectivity index (χ2n) is 5.57. The number of aryl methyl sites for hydroxylation is 1. The van der Waals surface area contributed by atoms with Crippen molar-refractivity contribution in [1.29, 1.82) is 0 Å². The first-order valence-corrected chi connectivity index (χ1v) is 6.72. The maximum absolute atomic E-state index is 12.5. The van der Waals surface area contributed by atoms with Crippen molar-refractivity contribution in [2.45, 2.75) is 46.0 Å². The van der Waals surface area contributed by atoms with E-state index in [0.29, 0.717) is 0 Å². The van der Waals surface area contributed by atoms with Crippen LogP contribution in [-0.4, -0.2) is 24.4 Å². The van der Waals surface area contributed by atoms with Crippen LogP contribution in [0.2, 0.25) is 0 Å². The summed E-state index contributed by atoms with van der Waals surface area (Å²) in [6, 6.07) is 8.24. The molecule has 0 unspecified atom stereocenters. The van der Waals surface area contributed by atoms with Gasteiger partial charge in [0.05, 0.1) is 5.41 Å². The lowest BCUT2D eigenvalue weighted by molar-refractivity contribution is -0.135. The summed E-state index contributed by atoms with van der Waals surface area (Å²) in [6.45, 7) is 9.05. The zero-order valence-electron chi connectivity index (χ0n) is 12.3. The predicted molar refractivity (Wildman–Crippen MR) is 76.8 cm³/mol. The minimum absolute atomic E-state index is 0.194. The molecule has 1 aromatic carbocycles. The molecule has 0 bridgehead atoms. The van der Waals surface area contributed by atoms with Crippen molar-refractivity contribution in [3.05, 3.63) is 35.4 Å². The summed E-state index contributed by atoms with van der Waals surface area (Å²) in [5.41, 5.74) is 1.86. The maximum Gasteiger partial charge on any atom is 0.232 e. The molecule has 0 aliphatic carbocycles. The minimum atomic E-state index is -0.448. The topological polar surface area (TPSA) is 20.3 Å². The molecule has 0 saturated heterocycles. The molecule has 0 saturated carbocycles. The van der Waals surface area contributed by atoms with Gasteiger partial charge in [-0.15, -0.1) is 0 Å². The summed E-state index contributed by atoms with van der Waals surface area (Å²) in [5.74, 6) is 0.194. The third-order valence-corrected chi connectivity index (χ3v) is 3.50. The van der Waals surface area contributed by atoms with Gasteiger partial charge in [-0.3, -0.25) is 4.79 Å². The van der Waals surface area contributed by atoms with Crippen LogP contribution < -0.4 is 0 Å². The summed E-state index contributed by atoms with van der Waals surface area (Å²) < 4.78 is 0. The highest BCUT2D eigenvalue weighted by Gasteiger charge is 2.31. The van der Waals surface area contributed by atoms with E-state index in [1.165, 1.54) is 5.56 Å². The summed E-state index contributed by atoms with van der Waals surface area (Å²) in [4.78, 5) is 14.3. The Hall–Kier alpha value is -1.31. The quantitative estimate of drug-likeness (QED) is 0.779. The van der Waals surface area contributed by atoms with E-state index in [2.05, 4.69) is 38.1 Å². The van der Waals surface area contributed by atoms with Crippen LogP contribution in [0.25, 0.3) is 0 Å². The van der Waals surface area contributed by atoms with Crippen molar-refractivity contribution in [2.24, 2.45) is 0 Å². The number of unbranched alkanes of at least 4 members (excludes halogenated alkanes) is 1. The van der Waals surface area contributed by atoms with E-state index in [9.17, 15) is 4.79 Å². The Balaban J connectivity index is 2.84. The van der Waals surface area contributed by atoms with Gasteiger partial charge in [0.25, 0.3) is 0 Å². The van der Waals surface area contributed by atoms with Gasteiger partial charge in [0.15, 0.2) is 0 Å². The smallest absolute Gasteiger partial charge is 0.232 e. The normalized spacial score (nSPS) is 11.4. The fraction of sp³-hybridized carbons (Fsp3) is 0.562. The van der Waals surface area contributed by atoms with Crippen LogP contribution in [0, 0.1) is 6.92 Å². The first kappa shape index (κ1) is 14.7. The fourth-order valence-electron chi connectivity index (χ4n) is 2.07. The monoisotopic (exact) mass is 247 g/mol. The molecule has 2 nitrogen and oxygen atoms in total. The Labute approximate surface area is 111 Å². The largest absolute Gasteiger partial charge is 0.345 e. The van der Waals surface area contributed by atoms with Gasteiger partial charge in [-0.05, 0) is 32.8 Å². The Morgan fingerprint density at radius 3 is 2.28 bits per heavy atom.